The lowest BCUT2D eigenvalue weighted by Gasteiger charge is -1.96. The summed E-state index contributed by atoms with van der Waals surface area (Å²) >= 11 is 3.69. The molecule has 1 aromatic carbocycles. The van der Waals surface area contributed by atoms with Gasteiger partial charge in [-0.15, -0.1) is 22.7 Å². The molecule has 0 fully saturated rings. The number of hydrogen-bond acceptors (Lipinski definition) is 2. The van der Waals surface area contributed by atoms with E-state index >= 15 is 0 Å². The highest BCUT2D eigenvalue weighted by Gasteiger charge is 2.08. The molecule has 3 aromatic rings. The Morgan fingerprint density at radius 2 is 1.21 bits per heavy atom. The van der Waals surface area contributed by atoms with Crippen LogP contribution < -0.4 is 0 Å². The maximum absolute atomic E-state index is 2.25. The molecular weight excluding hydrogens is 208 g/mol. The second-order valence-electron chi connectivity index (χ2n) is 3.65. The summed E-state index contributed by atoms with van der Waals surface area (Å²) < 4.78 is 2.83. The standard InChI is InChI=1S/C12H10S2/c1-7-5-13-9-3-4-10-12(11(7)9)8(2)6-14-10/h3-6H,1-2H3. The molecule has 0 radical (unpaired) electrons. The van der Waals surface area contributed by atoms with Gasteiger partial charge in [0.15, 0.2) is 0 Å². The van der Waals surface area contributed by atoms with E-state index in [0.717, 1.165) is 0 Å². The van der Waals surface area contributed by atoms with Crippen LogP contribution in [-0.4, -0.2) is 0 Å². The van der Waals surface area contributed by atoms with E-state index in [2.05, 4.69) is 36.7 Å². The Morgan fingerprint density at radius 1 is 0.786 bits per heavy atom. The van der Waals surface area contributed by atoms with Gasteiger partial charge in [-0.3, -0.25) is 0 Å². The normalized spacial score (nSPS) is 11.6. The third-order valence-electron chi connectivity index (χ3n) is 2.64. The van der Waals surface area contributed by atoms with Gasteiger partial charge in [-0.1, -0.05) is 0 Å². The number of benzene rings is 1. The predicted molar refractivity (Wildman–Crippen MR) is 66.7 cm³/mol. The Hall–Kier alpha value is -0.860. The highest BCUT2D eigenvalue weighted by molar-refractivity contribution is 7.19. The number of thiophene rings is 2. The molecule has 0 aliphatic heterocycles. The van der Waals surface area contributed by atoms with Crippen molar-refractivity contribution in [2.45, 2.75) is 13.8 Å². The van der Waals surface area contributed by atoms with Crippen LogP contribution in [-0.2, 0) is 0 Å². The van der Waals surface area contributed by atoms with Crippen LogP contribution in [0.15, 0.2) is 22.9 Å². The molecule has 2 heteroatoms. The van der Waals surface area contributed by atoms with E-state index in [9.17, 15) is 0 Å². The molecule has 3 rings (SSSR count). The van der Waals surface area contributed by atoms with Gasteiger partial charge in [0, 0.05) is 20.2 Å². The average Bonchev–Trinajstić information content (AvgIpc) is 2.72. The van der Waals surface area contributed by atoms with Crippen molar-refractivity contribution < 1.29 is 0 Å². The molecule has 0 saturated heterocycles. The van der Waals surface area contributed by atoms with Crippen molar-refractivity contribution in [1.29, 1.82) is 0 Å². The fourth-order valence-electron chi connectivity index (χ4n) is 1.97. The highest BCUT2D eigenvalue weighted by Crippen LogP contribution is 2.36. The van der Waals surface area contributed by atoms with E-state index in [0.29, 0.717) is 0 Å². The van der Waals surface area contributed by atoms with Crippen molar-refractivity contribution in [2.75, 3.05) is 0 Å². The molecule has 0 bridgehead atoms. The number of fused-ring (bicyclic) bond motifs is 3. The first-order chi connectivity index (χ1) is 6.77. The van der Waals surface area contributed by atoms with Crippen molar-refractivity contribution in [2.24, 2.45) is 0 Å². The zero-order valence-corrected chi connectivity index (χ0v) is 9.76. The van der Waals surface area contributed by atoms with Gasteiger partial charge >= 0.3 is 0 Å². The van der Waals surface area contributed by atoms with Crippen LogP contribution >= 0.6 is 22.7 Å². The van der Waals surface area contributed by atoms with E-state index in [1.807, 2.05) is 22.7 Å². The predicted octanol–water partition coefficient (Wildman–Crippen LogP) is 4.73. The second kappa shape index (κ2) is 2.81. The van der Waals surface area contributed by atoms with Gasteiger partial charge in [0.2, 0.25) is 0 Å². The van der Waals surface area contributed by atoms with Crippen LogP contribution in [0.3, 0.4) is 0 Å². The first-order valence-electron chi connectivity index (χ1n) is 4.62. The Bertz CT molecular complexity index is 558. The summed E-state index contributed by atoms with van der Waals surface area (Å²) in [6.45, 7) is 4.41. The molecule has 2 heterocycles. The number of hydrogen-bond donors (Lipinski definition) is 0. The summed E-state index contributed by atoms with van der Waals surface area (Å²) in [6, 6.07) is 4.48. The highest BCUT2D eigenvalue weighted by atomic mass is 32.1. The van der Waals surface area contributed by atoms with E-state index in [-0.39, 0.29) is 0 Å². The van der Waals surface area contributed by atoms with Crippen LogP contribution in [0, 0.1) is 13.8 Å². The quantitative estimate of drug-likeness (QED) is 0.511. The van der Waals surface area contributed by atoms with Crippen LogP contribution in [0.25, 0.3) is 20.2 Å². The number of rotatable bonds is 0. The maximum Gasteiger partial charge on any atom is 0.0352 e. The Balaban J connectivity index is 2.70. The lowest BCUT2D eigenvalue weighted by Crippen LogP contribution is -1.72. The largest absolute Gasteiger partial charge is 0.144 e. The minimum Gasteiger partial charge on any atom is -0.144 e. The van der Waals surface area contributed by atoms with Crippen molar-refractivity contribution in [3.8, 4) is 0 Å². The third-order valence-corrected chi connectivity index (χ3v) is 4.77. The average molecular weight is 218 g/mol. The smallest absolute Gasteiger partial charge is 0.0352 e. The zero-order valence-electron chi connectivity index (χ0n) is 8.13. The zero-order chi connectivity index (χ0) is 9.71. The van der Waals surface area contributed by atoms with Crippen LogP contribution in [0.2, 0.25) is 0 Å². The van der Waals surface area contributed by atoms with E-state index < -0.39 is 0 Å². The van der Waals surface area contributed by atoms with Crippen LogP contribution in [0.4, 0.5) is 0 Å². The number of aryl methyl sites for hydroxylation is 2. The minimum atomic E-state index is 1.41. The fourth-order valence-corrected chi connectivity index (χ4v) is 3.86. The lowest BCUT2D eigenvalue weighted by atomic mass is 10.1. The van der Waals surface area contributed by atoms with Crippen molar-refractivity contribution in [3.05, 3.63) is 34.0 Å². The van der Waals surface area contributed by atoms with Crippen molar-refractivity contribution >= 4 is 42.8 Å². The summed E-state index contributed by atoms with van der Waals surface area (Å²) in [7, 11) is 0. The van der Waals surface area contributed by atoms with Gasteiger partial charge in [0.05, 0.1) is 0 Å². The minimum absolute atomic E-state index is 1.41. The molecular formula is C12H10S2. The molecule has 0 aliphatic carbocycles. The molecule has 0 spiro atoms. The summed E-state index contributed by atoms with van der Waals surface area (Å²) in [5, 5.41) is 7.43. The maximum atomic E-state index is 2.25. The second-order valence-corrected chi connectivity index (χ2v) is 5.47. The van der Waals surface area contributed by atoms with Crippen LogP contribution in [0.5, 0.6) is 0 Å². The molecule has 0 atom stereocenters. The molecule has 0 saturated carbocycles. The summed E-state index contributed by atoms with van der Waals surface area (Å²) in [4.78, 5) is 0. The van der Waals surface area contributed by atoms with E-state index in [1.54, 1.807) is 0 Å². The molecule has 0 aliphatic rings. The molecule has 2 aromatic heterocycles. The molecule has 70 valence electrons. The molecule has 0 amide bonds. The summed E-state index contributed by atoms with van der Waals surface area (Å²) in [6.07, 6.45) is 0. The van der Waals surface area contributed by atoms with Gasteiger partial charge in [-0.2, -0.15) is 0 Å². The van der Waals surface area contributed by atoms with Gasteiger partial charge < -0.3 is 0 Å². The summed E-state index contributed by atoms with van der Waals surface area (Å²) in [5.41, 5.74) is 2.83. The lowest BCUT2D eigenvalue weighted by molar-refractivity contribution is 1.58. The van der Waals surface area contributed by atoms with E-state index in [1.165, 1.54) is 31.3 Å². The first-order valence-corrected chi connectivity index (χ1v) is 6.38. The molecule has 0 N–H and O–H groups in total. The Morgan fingerprint density at radius 3 is 1.64 bits per heavy atom. The van der Waals surface area contributed by atoms with Crippen molar-refractivity contribution in [1.82, 2.24) is 0 Å². The first kappa shape index (κ1) is 8.45. The summed E-state index contributed by atoms with van der Waals surface area (Å²) in [5.74, 6) is 0. The topological polar surface area (TPSA) is 0 Å². The fraction of sp³-hybridized carbons (Fsp3) is 0.167. The molecule has 0 nitrogen and oxygen atoms in total. The monoisotopic (exact) mass is 218 g/mol. The third kappa shape index (κ3) is 0.983. The van der Waals surface area contributed by atoms with Crippen molar-refractivity contribution in [3.63, 3.8) is 0 Å². The van der Waals surface area contributed by atoms with Gasteiger partial charge in [0.25, 0.3) is 0 Å². The molecule has 14 heavy (non-hydrogen) atoms. The van der Waals surface area contributed by atoms with E-state index in [4.69, 9.17) is 0 Å². The Kier molecular flexibility index (Phi) is 1.70. The van der Waals surface area contributed by atoms with Crippen LogP contribution in [0.1, 0.15) is 11.1 Å². The Labute approximate surface area is 90.8 Å². The molecule has 0 unspecified atom stereocenters. The van der Waals surface area contributed by atoms with Gasteiger partial charge in [-0.05, 0) is 47.9 Å². The van der Waals surface area contributed by atoms with Gasteiger partial charge in [-0.25, -0.2) is 0 Å². The SMILES string of the molecule is Cc1csc2ccc3scc(C)c3c12. The van der Waals surface area contributed by atoms with Gasteiger partial charge in [0.1, 0.15) is 0 Å².